The van der Waals surface area contributed by atoms with E-state index in [0.29, 0.717) is 26.2 Å². The lowest BCUT2D eigenvalue weighted by Gasteiger charge is -2.25. The van der Waals surface area contributed by atoms with Crippen molar-refractivity contribution < 1.29 is 5.11 Å². The van der Waals surface area contributed by atoms with Crippen molar-refractivity contribution in [2.45, 2.75) is 12.5 Å². The molecule has 4 heteroatoms. The molecule has 18 heavy (non-hydrogen) atoms. The van der Waals surface area contributed by atoms with Crippen LogP contribution in [0.1, 0.15) is 18.1 Å². The molecule has 0 fully saturated rings. The first-order valence-corrected chi connectivity index (χ1v) is 6.48. The van der Waals surface area contributed by atoms with Gasteiger partial charge in [0, 0.05) is 5.02 Å². The molecule has 0 saturated heterocycles. The van der Waals surface area contributed by atoms with Crippen LogP contribution in [0.25, 0.3) is 0 Å². The Balaban J connectivity index is 2.50. The molecule has 2 rings (SSSR count). The zero-order chi connectivity index (χ0) is 13.3. The summed E-state index contributed by atoms with van der Waals surface area (Å²) < 4.78 is 0. The SMILES string of the molecule is CC(O)(c1cccc(Cl)c1)c1ccc(Cl)c(Cl)c1. The molecule has 0 aliphatic heterocycles. The van der Waals surface area contributed by atoms with E-state index in [1.807, 2.05) is 6.07 Å². The summed E-state index contributed by atoms with van der Waals surface area (Å²) >= 11 is 17.8. The summed E-state index contributed by atoms with van der Waals surface area (Å²) in [6.45, 7) is 1.69. The Morgan fingerprint density at radius 2 is 1.56 bits per heavy atom. The minimum absolute atomic E-state index is 0.413. The first-order valence-electron chi connectivity index (χ1n) is 5.35. The van der Waals surface area contributed by atoms with Crippen molar-refractivity contribution in [1.82, 2.24) is 0 Å². The third-order valence-corrected chi connectivity index (χ3v) is 3.84. The fourth-order valence-corrected chi connectivity index (χ4v) is 2.25. The van der Waals surface area contributed by atoms with Crippen molar-refractivity contribution in [3.63, 3.8) is 0 Å². The number of hydrogen-bond acceptors (Lipinski definition) is 1. The maximum absolute atomic E-state index is 10.6. The third-order valence-electron chi connectivity index (χ3n) is 2.87. The minimum atomic E-state index is -1.17. The molecule has 0 aliphatic carbocycles. The Hall–Kier alpha value is -0.730. The Morgan fingerprint density at radius 3 is 2.17 bits per heavy atom. The van der Waals surface area contributed by atoms with Crippen molar-refractivity contribution in [1.29, 1.82) is 0 Å². The Bertz CT molecular complexity index is 579. The van der Waals surface area contributed by atoms with Crippen molar-refractivity contribution in [2.75, 3.05) is 0 Å². The predicted molar refractivity (Wildman–Crippen MR) is 76.6 cm³/mol. The maximum atomic E-state index is 10.6. The van der Waals surface area contributed by atoms with Gasteiger partial charge in [-0.05, 0) is 42.3 Å². The summed E-state index contributed by atoms with van der Waals surface area (Å²) in [7, 11) is 0. The highest BCUT2D eigenvalue weighted by Crippen LogP contribution is 2.33. The number of hydrogen-bond donors (Lipinski definition) is 1. The normalized spacial score (nSPS) is 14.3. The Morgan fingerprint density at radius 1 is 0.889 bits per heavy atom. The second-order valence-corrected chi connectivity index (χ2v) is 5.46. The zero-order valence-electron chi connectivity index (χ0n) is 9.62. The molecule has 0 aromatic heterocycles. The molecule has 1 atom stereocenters. The van der Waals surface area contributed by atoms with Crippen LogP contribution in [0.5, 0.6) is 0 Å². The summed E-state index contributed by atoms with van der Waals surface area (Å²) in [4.78, 5) is 0. The van der Waals surface area contributed by atoms with E-state index in [0.717, 1.165) is 0 Å². The molecule has 0 spiro atoms. The van der Waals surface area contributed by atoms with E-state index in [4.69, 9.17) is 34.8 Å². The third kappa shape index (κ3) is 2.65. The second kappa shape index (κ2) is 5.10. The van der Waals surface area contributed by atoms with Crippen LogP contribution in [-0.2, 0) is 5.60 Å². The number of rotatable bonds is 2. The molecular weight excluding hydrogens is 291 g/mol. The lowest BCUT2D eigenvalue weighted by molar-refractivity contribution is 0.102. The molecule has 2 aromatic rings. The first-order chi connectivity index (χ1) is 8.41. The second-order valence-electron chi connectivity index (χ2n) is 4.21. The van der Waals surface area contributed by atoms with Crippen molar-refractivity contribution in [3.05, 3.63) is 68.7 Å². The van der Waals surface area contributed by atoms with Gasteiger partial charge in [-0.2, -0.15) is 0 Å². The molecule has 0 amide bonds. The van der Waals surface area contributed by atoms with E-state index in [9.17, 15) is 5.11 Å². The van der Waals surface area contributed by atoms with Crippen LogP contribution < -0.4 is 0 Å². The van der Waals surface area contributed by atoms with Crippen molar-refractivity contribution in [2.24, 2.45) is 0 Å². The molecule has 0 bridgehead atoms. The first kappa shape index (κ1) is 13.7. The molecule has 0 saturated carbocycles. The highest BCUT2D eigenvalue weighted by atomic mass is 35.5. The monoisotopic (exact) mass is 300 g/mol. The fourth-order valence-electron chi connectivity index (χ4n) is 1.76. The fraction of sp³-hybridized carbons (Fsp3) is 0.143. The quantitative estimate of drug-likeness (QED) is 0.836. The highest BCUT2D eigenvalue weighted by molar-refractivity contribution is 6.42. The van der Waals surface area contributed by atoms with Crippen LogP contribution in [0.3, 0.4) is 0 Å². The summed E-state index contributed by atoms with van der Waals surface area (Å²) in [5, 5.41) is 12.1. The molecule has 2 aromatic carbocycles. The molecule has 1 nitrogen and oxygen atoms in total. The zero-order valence-corrected chi connectivity index (χ0v) is 11.9. The van der Waals surface area contributed by atoms with Gasteiger partial charge in [-0.1, -0.05) is 53.0 Å². The number of benzene rings is 2. The maximum Gasteiger partial charge on any atom is 0.112 e. The predicted octanol–water partition coefficient (Wildman–Crippen LogP) is 4.90. The topological polar surface area (TPSA) is 20.2 Å². The van der Waals surface area contributed by atoms with Crippen LogP contribution >= 0.6 is 34.8 Å². The van der Waals surface area contributed by atoms with Gasteiger partial charge in [0.2, 0.25) is 0 Å². The van der Waals surface area contributed by atoms with Gasteiger partial charge in [0.1, 0.15) is 5.60 Å². The van der Waals surface area contributed by atoms with Crippen LogP contribution in [0.15, 0.2) is 42.5 Å². The van der Waals surface area contributed by atoms with Gasteiger partial charge in [0.05, 0.1) is 10.0 Å². The molecule has 1 N–H and O–H groups in total. The van der Waals surface area contributed by atoms with Crippen molar-refractivity contribution >= 4 is 34.8 Å². The molecular formula is C14H11Cl3O. The van der Waals surface area contributed by atoms with Crippen LogP contribution in [-0.4, -0.2) is 5.11 Å². The highest BCUT2D eigenvalue weighted by Gasteiger charge is 2.26. The Labute approximate surface area is 121 Å². The average molecular weight is 302 g/mol. The number of aliphatic hydroxyl groups is 1. The number of halogens is 3. The van der Waals surface area contributed by atoms with Gasteiger partial charge >= 0.3 is 0 Å². The van der Waals surface area contributed by atoms with Crippen LogP contribution in [0, 0.1) is 0 Å². The smallest absolute Gasteiger partial charge is 0.112 e. The molecule has 94 valence electrons. The van der Waals surface area contributed by atoms with Gasteiger partial charge in [0.15, 0.2) is 0 Å². The van der Waals surface area contributed by atoms with Gasteiger partial charge in [0.25, 0.3) is 0 Å². The van der Waals surface area contributed by atoms with Crippen LogP contribution in [0.2, 0.25) is 15.1 Å². The summed E-state index contributed by atoms with van der Waals surface area (Å²) in [6, 6.07) is 12.2. The van der Waals surface area contributed by atoms with Gasteiger partial charge in [-0.25, -0.2) is 0 Å². The van der Waals surface area contributed by atoms with Gasteiger partial charge < -0.3 is 5.11 Å². The molecule has 0 heterocycles. The molecule has 0 aliphatic rings. The van der Waals surface area contributed by atoms with E-state index in [1.54, 1.807) is 43.3 Å². The lowest BCUT2D eigenvalue weighted by atomic mass is 9.88. The van der Waals surface area contributed by atoms with Crippen LogP contribution in [0.4, 0.5) is 0 Å². The van der Waals surface area contributed by atoms with Gasteiger partial charge in [-0.3, -0.25) is 0 Å². The average Bonchev–Trinajstić information content (AvgIpc) is 2.32. The summed E-state index contributed by atoms with van der Waals surface area (Å²) in [5.74, 6) is 0. The van der Waals surface area contributed by atoms with E-state index in [2.05, 4.69) is 0 Å². The Kier molecular flexibility index (Phi) is 3.88. The summed E-state index contributed by atoms with van der Waals surface area (Å²) in [5.41, 5.74) is 0.201. The minimum Gasteiger partial charge on any atom is -0.381 e. The van der Waals surface area contributed by atoms with E-state index in [-0.39, 0.29) is 0 Å². The molecule has 1 unspecified atom stereocenters. The lowest BCUT2D eigenvalue weighted by Crippen LogP contribution is -2.22. The van der Waals surface area contributed by atoms with E-state index >= 15 is 0 Å². The largest absolute Gasteiger partial charge is 0.381 e. The van der Waals surface area contributed by atoms with Crippen molar-refractivity contribution in [3.8, 4) is 0 Å². The standard InChI is InChI=1S/C14H11Cl3O/c1-14(18,9-3-2-4-11(15)7-9)10-5-6-12(16)13(17)8-10/h2-8,18H,1H3. The van der Waals surface area contributed by atoms with E-state index in [1.165, 1.54) is 0 Å². The van der Waals surface area contributed by atoms with Gasteiger partial charge in [-0.15, -0.1) is 0 Å². The van der Waals surface area contributed by atoms with E-state index < -0.39 is 5.60 Å². The molecule has 0 radical (unpaired) electrons. The summed E-state index contributed by atoms with van der Waals surface area (Å²) in [6.07, 6.45) is 0.